The van der Waals surface area contributed by atoms with E-state index in [0.29, 0.717) is 45.7 Å². The van der Waals surface area contributed by atoms with Crippen LogP contribution in [0.25, 0.3) is 0 Å². The molecule has 73 heavy (non-hydrogen) atoms. The average molecular weight is 1830 g/mol. The van der Waals surface area contributed by atoms with Crippen LogP contribution in [0.3, 0.4) is 0 Å². The first-order chi connectivity index (χ1) is 33.8. The first-order valence-electron chi connectivity index (χ1n) is 19.9. The zero-order chi connectivity index (χ0) is 56.0. The van der Waals surface area contributed by atoms with Crippen molar-refractivity contribution in [3.63, 3.8) is 0 Å². The highest BCUT2D eigenvalue weighted by Crippen LogP contribution is 2.19. The van der Waals surface area contributed by atoms with Crippen molar-refractivity contribution in [3.8, 4) is 0 Å². The number of aryl methyl sites for hydroxylation is 11. The van der Waals surface area contributed by atoms with Gasteiger partial charge < -0.3 is 44.9 Å². The zero-order valence-electron chi connectivity index (χ0n) is 39.8. The summed E-state index contributed by atoms with van der Waals surface area (Å²) in [4.78, 5) is 61.7. The number of hydrogen-bond donors (Lipinski definition) is 9. The van der Waals surface area contributed by atoms with Crippen LogP contribution in [0.1, 0.15) is 70.1 Å². The van der Waals surface area contributed by atoms with Crippen LogP contribution in [0.5, 0.6) is 0 Å². The molecule has 18 nitrogen and oxygen atoms in total. The predicted octanol–water partition coefficient (Wildman–Crippen LogP) is 18.5. The summed E-state index contributed by atoms with van der Waals surface area (Å²) in [5.41, 5.74) is 6.68. The van der Waals surface area contributed by atoms with Gasteiger partial charge in [0.1, 0.15) is 54.8 Å². The summed E-state index contributed by atoms with van der Waals surface area (Å²) >= 11 is 65.5. The van der Waals surface area contributed by atoms with Crippen LogP contribution >= 0.6 is 238 Å². The number of aromatic nitrogens is 18. The van der Waals surface area contributed by atoms with Crippen LogP contribution in [0.4, 0.5) is 0 Å². The van der Waals surface area contributed by atoms with Gasteiger partial charge in [-0.15, -0.1) is 0 Å². The summed E-state index contributed by atoms with van der Waals surface area (Å²) in [6.07, 6.45) is 0.826. The van der Waals surface area contributed by atoms with E-state index in [-0.39, 0.29) is 0 Å². The van der Waals surface area contributed by atoms with E-state index in [1.807, 2.05) is 69.2 Å². The van der Waals surface area contributed by atoms with Gasteiger partial charge in [0.15, 0.2) is 39.5 Å². The van der Waals surface area contributed by atoms with E-state index in [2.05, 4.69) is 246 Å². The van der Waals surface area contributed by atoms with E-state index in [9.17, 15) is 0 Å². The third-order valence-corrected chi connectivity index (χ3v) is 16.3. The van der Waals surface area contributed by atoms with Crippen molar-refractivity contribution >= 4 is 238 Å². The number of imidazole rings is 9. The van der Waals surface area contributed by atoms with Gasteiger partial charge in [0.05, 0.1) is 22.8 Å². The fourth-order valence-electron chi connectivity index (χ4n) is 4.16. The number of nitrogens with zero attached hydrogens (tertiary/aromatic N) is 9. The molecule has 0 aromatic carbocycles. The predicted molar refractivity (Wildman–Crippen MR) is 338 cm³/mol. The molecule has 402 valence electrons. The van der Waals surface area contributed by atoms with Crippen LogP contribution in [0.2, 0.25) is 36.2 Å². The summed E-state index contributed by atoms with van der Waals surface area (Å²) in [5, 5.41) is 3.18. The summed E-state index contributed by atoms with van der Waals surface area (Å²) in [6, 6.07) is 0. The SMILES string of the molecule is CCc1nc(Cl)c(Cl)[nH]1.Cc1[nH]c(Br)nc1Br.Cc1[nH]c(Br)nc1Br.Cc1[nH]c(Br)nc1Cl.Cc1[nH]c(Br)nc1Cl.Cc1[nH]c(Cl)nc1Cl.Cc1nc(Br)c(C)[nH]1.Cc1nc(Cl)c(C)[nH]1.Cc1nc(I)c(I)[nH]1. The standard InChI is InChI=1S/C5H7BrN2.C5H6Cl2N2.C5H7ClN2.2C4H4Br2N2.2C4H4BrClN2.C4H4Cl2N2.C4H4I2N2/c1-3-5(6)8-4(2)7-3;1-2-3-8-4(6)5(7)9-3;1-3-5(6)8-4(2)7-3;2*1-2-3(5)8-4(6)7-2;2*1-2-3(6)8-4(5)7-2;1-2-3(5)8-4(6)7-2;1-2-7-3(5)4(6)8-2/h1-2H3,(H,7,8);2H2,1H3,(H,8,9);1-2H3,(H,7,8);6*1H3,(H,7,8). The first-order valence-corrected chi connectivity index (χ1v) is 30.2. The van der Waals surface area contributed by atoms with Gasteiger partial charge in [-0.1, -0.05) is 76.5 Å². The molecule has 0 unspecified atom stereocenters. The average Bonchev–Trinajstić information content (AvgIpc) is 4.19. The lowest BCUT2D eigenvalue weighted by molar-refractivity contribution is 0.990. The molecule has 0 atom stereocenters. The lowest BCUT2D eigenvalue weighted by Crippen LogP contribution is -1.79. The number of hydrogen-bond acceptors (Lipinski definition) is 9. The number of aromatic amines is 9. The smallest absolute Gasteiger partial charge is 0.201 e. The van der Waals surface area contributed by atoms with Crippen molar-refractivity contribution in [3.05, 3.63) is 140 Å². The molecule has 0 bridgehead atoms. The normalized spacial score (nSPS) is 9.90. The van der Waals surface area contributed by atoms with Crippen molar-refractivity contribution in [2.24, 2.45) is 0 Å². The van der Waals surface area contributed by atoms with E-state index < -0.39 is 0 Å². The topological polar surface area (TPSA) is 258 Å². The molecule has 0 spiro atoms. The van der Waals surface area contributed by atoms with Crippen LogP contribution in [-0.4, -0.2) is 89.7 Å². The minimum Gasteiger partial charge on any atom is -0.345 e. The second kappa shape index (κ2) is 36.1. The van der Waals surface area contributed by atoms with E-state index in [1.165, 1.54) is 0 Å². The largest absolute Gasteiger partial charge is 0.345 e. The molecule has 0 fully saturated rings. The first kappa shape index (κ1) is 70.8. The highest BCUT2D eigenvalue weighted by atomic mass is 127. The quantitative estimate of drug-likeness (QED) is 0.0707. The van der Waals surface area contributed by atoms with Gasteiger partial charge in [0.2, 0.25) is 5.28 Å². The molecule has 0 aliphatic heterocycles. The Morgan fingerprint density at radius 1 is 0.356 bits per heavy atom. The Labute approximate surface area is 542 Å². The maximum absolute atomic E-state index is 5.59. The van der Waals surface area contributed by atoms with Crippen LogP contribution in [-0.2, 0) is 6.42 Å². The molecular weight excluding hydrogens is 1780 g/mol. The molecule has 0 radical (unpaired) electrons. The summed E-state index contributed by atoms with van der Waals surface area (Å²) < 4.78 is 7.72. The Morgan fingerprint density at radius 2 is 0.699 bits per heavy atom. The van der Waals surface area contributed by atoms with Gasteiger partial charge in [-0.3, -0.25) is 0 Å². The molecule has 0 amide bonds. The minimum atomic E-state index is 0.340. The minimum absolute atomic E-state index is 0.340. The van der Waals surface area contributed by atoms with Gasteiger partial charge in [-0.25, -0.2) is 44.9 Å². The Bertz CT molecular complexity index is 2340. The monoisotopic (exact) mass is 1820 g/mol. The maximum Gasteiger partial charge on any atom is 0.201 e. The molecule has 9 N–H and O–H groups in total. The number of rotatable bonds is 1. The van der Waals surface area contributed by atoms with Crippen LogP contribution in [0, 0.1) is 76.6 Å². The molecule has 9 aromatic heterocycles. The highest BCUT2D eigenvalue weighted by molar-refractivity contribution is 14.1. The Balaban J connectivity index is 0.000000411. The van der Waals surface area contributed by atoms with Gasteiger partial charge in [0.25, 0.3) is 0 Å². The molecule has 0 saturated carbocycles. The van der Waals surface area contributed by atoms with Gasteiger partial charge >= 0.3 is 0 Å². The van der Waals surface area contributed by atoms with Crippen LogP contribution < -0.4 is 0 Å². The van der Waals surface area contributed by atoms with Crippen molar-refractivity contribution in [1.29, 1.82) is 0 Å². The van der Waals surface area contributed by atoms with Gasteiger partial charge in [-0.05, 0) is 238 Å². The van der Waals surface area contributed by atoms with Crippen molar-refractivity contribution < 1.29 is 0 Å². The van der Waals surface area contributed by atoms with E-state index in [1.54, 1.807) is 6.92 Å². The number of nitrogens with one attached hydrogen (secondary N) is 9. The lowest BCUT2D eigenvalue weighted by atomic mass is 10.5. The molecule has 34 heteroatoms. The van der Waals surface area contributed by atoms with Crippen molar-refractivity contribution in [2.45, 2.75) is 82.6 Å². The maximum atomic E-state index is 5.59. The Kier molecular flexibility index (Phi) is 35.0. The van der Waals surface area contributed by atoms with Gasteiger partial charge in [-0.2, -0.15) is 0 Å². The number of H-pyrrole nitrogens is 9. The van der Waals surface area contributed by atoms with E-state index in [0.717, 1.165) is 100 Å². The molecule has 9 rings (SSSR count). The third-order valence-electron chi connectivity index (χ3n) is 7.61. The number of halogens is 16. The molecular formula is C39H44Br7Cl7I2N18. The lowest BCUT2D eigenvalue weighted by Gasteiger charge is -1.80. The molecule has 9 aromatic rings. The van der Waals surface area contributed by atoms with Crippen molar-refractivity contribution in [1.82, 2.24) is 89.7 Å². The summed E-state index contributed by atoms with van der Waals surface area (Å²) in [6.45, 7) is 21.0. The molecule has 0 aliphatic rings. The highest BCUT2D eigenvalue weighted by Gasteiger charge is 2.04. The Hall–Kier alpha value is -0.260. The summed E-state index contributed by atoms with van der Waals surface area (Å²) in [5.74, 6) is 3.63. The molecule has 0 aliphatic carbocycles. The zero-order valence-corrected chi connectivity index (χ0v) is 60.5. The van der Waals surface area contributed by atoms with Crippen LogP contribution in [0.15, 0.2) is 32.7 Å². The van der Waals surface area contributed by atoms with Gasteiger partial charge in [0, 0.05) is 23.5 Å². The Morgan fingerprint density at radius 3 is 0.808 bits per heavy atom. The fourth-order valence-corrected chi connectivity index (χ4v) is 9.81. The molecule has 0 saturated heterocycles. The third kappa shape index (κ3) is 29.0. The van der Waals surface area contributed by atoms with Crippen molar-refractivity contribution in [2.75, 3.05) is 0 Å². The second-order valence-electron chi connectivity index (χ2n) is 13.8. The fraction of sp³-hybridized carbons (Fsp3) is 0.308. The second-order valence-corrected chi connectivity index (χ2v) is 23.6. The molecule has 9 heterocycles. The van der Waals surface area contributed by atoms with E-state index in [4.69, 9.17) is 81.2 Å². The van der Waals surface area contributed by atoms with E-state index >= 15 is 0 Å². The summed E-state index contributed by atoms with van der Waals surface area (Å²) in [7, 11) is 0.